The fourth-order valence-electron chi connectivity index (χ4n) is 10.2. The van der Waals surface area contributed by atoms with E-state index in [1.165, 1.54) is 263 Å². The Balaban J connectivity index is 3.36. The smallest absolute Gasteiger partial charge is 0.305 e. The minimum Gasteiger partial charge on any atom is -0.466 e. The molecule has 0 aromatic carbocycles. The number of aliphatic hydroxyl groups is 2. The van der Waals surface area contributed by atoms with Crippen molar-refractivity contribution in [2.24, 2.45) is 0 Å². The molecule has 0 bridgehead atoms. The minimum absolute atomic E-state index is 0.000482. The normalized spacial score (nSPS) is 12.9. The van der Waals surface area contributed by atoms with Gasteiger partial charge in [0.2, 0.25) is 5.91 Å². The number of rotatable bonds is 62. The summed E-state index contributed by atoms with van der Waals surface area (Å²) in [7, 11) is 0. The number of ether oxygens (including phenoxy) is 1. The van der Waals surface area contributed by atoms with Crippen LogP contribution in [0.1, 0.15) is 354 Å². The van der Waals surface area contributed by atoms with Gasteiger partial charge < -0.3 is 20.3 Å². The first kappa shape index (κ1) is 72.8. The lowest BCUT2D eigenvalue weighted by Gasteiger charge is -2.22. The molecule has 0 aromatic rings. The second kappa shape index (κ2) is 64.3. The highest BCUT2D eigenvalue weighted by atomic mass is 16.5. The molecule has 0 saturated heterocycles. The summed E-state index contributed by atoms with van der Waals surface area (Å²) >= 11 is 0. The van der Waals surface area contributed by atoms with Crippen LogP contribution in [0.5, 0.6) is 0 Å². The van der Waals surface area contributed by atoms with Crippen LogP contribution in [0.15, 0.2) is 48.6 Å². The van der Waals surface area contributed by atoms with Gasteiger partial charge in [-0.1, -0.05) is 300 Å². The number of nitrogens with one attached hydrogen (secondary N) is 1. The van der Waals surface area contributed by atoms with Crippen molar-refractivity contribution in [2.45, 2.75) is 366 Å². The number of hydrogen-bond donors (Lipinski definition) is 3. The maximum Gasteiger partial charge on any atom is 0.305 e. The van der Waals surface area contributed by atoms with Crippen molar-refractivity contribution in [3.05, 3.63) is 48.6 Å². The molecule has 440 valence electrons. The number of unbranched alkanes of at least 4 members (excludes halogenated alkanes) is 43. The fourth-order valence-corrected chi connectivity index (χ4v) is 10.2. The van der Waals surface area contributed by atoms with Crippen LogP contribution in [0.3, 0.4) is 0 Å². The van der Waals surface area contributed by atoms with Gasteiger partial charge in [-0.2, -0.15) is 0 Å². The quantitative estimate of drug-likeness (QED) is 0.0320. The molecule has 3 N–H and O–H groups in total. The maximum atomic E-state index is 12.4. The largest absolute Gasteiger partial charge is 0.466 e. The highest BCUT2D eigenvalue weighted by Crippen LogP contribution is 2.17. The Bertz CT molecular complexity index is 1260. The van der Waals surface area contributed by atoms with Crippen LogP contribution in [0, 0.1) is 0 Å². The van der Waals surface area contributed by atoms with Gasteiger partial charge in [0.15, 0.2) is 0 Å². The van der Waals surface area contributed by atoms with E-state index in [-0.39, 0.29) is 18.5 Å². The molecule has 6 nitrogen and oxygen atoms in total. The molecule has 0 fully saturated rings. The van der Waals surface area contributed by atoms with Gasteiger partial charge in [0.05, 0.1) is 25.4 Å². The van der Waals surface area contributed by atoms with Gasteiger partial charge in [-0.25, -0.2) is 0 Å². The van der Waals surface area contributed by atoms with E-state index in [4.69, 9.17) is 4.74 Å². The van der Waals surface area contributed by atoms with E-state index in [0.717, 1.165) is 57.8 Å². The van der Waals surface area contributed by atoms with E-state index in [2.05, 4.69) is 67.8 Å². The van der Waals surface area contributed by atoms with Crippen LogP contribution in [-0.2, 0) is 14.3 Å². The highest BCUT2D eigenvalue weighted by molar-refractivity contribution is 5.76. The lowest BCUT2D eigenvalue weighted by atomic mass is 10.0. The van der Waals surface area contributed by atoms with Gasteiger partial charge in [0, 0.05) is 12.8 Å². The molecule has 75 heavy (non-hydrogen) atoms. The number of allylic oxidation sites excluding steroid dienone is 8. The van der Waals surface area contributed by atoms with Crippen LogP contribution >= 0.6 is 0 Å². The van der Waals surface area contributed by atoms with E-state index in [9.17, 15) is 19.8 Å². The topological polar surface area (TPSA) is 95.9 Å². The molecular formula is C69H129NO5. The molecular weight excluding hydrogens is 923 g/mol. The van der Waals surface area contributed by atoms with Gasteiger partial charge in [0.25, 0.3) is 0 Å². The molecule has 1 amide bonds. The van der Waals surface area contributed by atoms with Gasteiger partial charge in [0.1, 0.15) is 0 Å². The molecule has 0 aliphatic rings. The van der Waals surface area contributed by atoms with Gasteiger partial charge in [-0.3, -0.25) is 9.59 Å². The zero-order chi connectivity index (χ0) is 54.3. The third-order valence-corrected chi connectivity index (χ3v) is 15.4. The average molecular weight is 1050 g/mol. The minimum atomic E-state index is -0.661. The number of carbonyl (C=O) groups excluding carboxylic acids is 2. The Kier molecular flexibility index (Phi) is 62.5. The molecule has 2 atom stereocenters. The van der Waals surface area contributed by atoms with Crippen LogP contribution in [-0.4, -0.2) is 47.4 Å². The van der Waals surface area contributed by atoms with Crippen molar-refractivity contribution < 1.29 is 24.5 Å². The Morgan fingerprint density at radius 1 is 0.373 bits per heavy atom. The first-order chi connectivity index (χ1) is 37.0. The standard InChI is InChI=1S/C69H129NO5/c1-3-5-7-9-11-13-14-15-16-37-40-43-47-51-55-59-63-69(74)75-64-60-56-52-48-44-41-38-35-33-31-29-27-25-23-21-19-17-18-20-22-24-26-28-30-32-34-36-39-42-46-50-54-58-62-68(73)70-66(65-71)67(72)61-57-53-49-45-12-10-8-6-4-2/h13-14,16,21,23,27,29,37,66-67,71-72H,3-12,15,17-20,22,24-26,28,30-36,38-65H2,1-2H3,(H,70,73)/b14-13-,23-21-,29-27-,37-16-. The molecule has 0 spiro atoms. The van der Waals surface area contributed by atoms with Crippen molar-refractivity contribution in [3.63, 3.8) is 0 Å². The fraction of sp³-hybridized carbons (Fsp3) is 0.855. The Morgan fingerprint density at radius 2 is 0.667 bits per heavy atom. The van der Waals surface area contributed by atoms with Crippen LogP contribution in [0.2, 0.25) is 0 Å². The zero-order valence-electron chi connectivity index (χ0n) is 50.3. The summed E-state index contributed by atoms with van der Waals surface area (Å²) in [4.78, 5) is 24.5. The number of carbonyl (C=O) groups is 2. The van der Waals surface area contributed by atoms with Gasteiger partial charge in [-0.05, 0) is 89.9 Å². The zero-order valence-corrected chi connectivity index (χ0v) is 50.3. The number of amides is 1. The summed E-state index contributed by atoms with van der Waals surface area (Å²) in [5.41, 5.74) is 0. The summed E-state index contributed by atoms with van der Waals surface area (Å²) in [6.45, 7) is 4.92. The van der Waals surface area contributed by atoms with Crippen molar-refractivity contribution in [1.29, 1.82) is 0 Å². The van der Waals surface area contributed by atoms with Crippen molar-refractivity contribution in [1.82, 2.24) is 5.32 Å². The van der Waals surface area contributed by atoms with Gasteiger partial charge >= 0.3 is 5.97 Å². The third kappa shape index (κ3) is 60.9. The predicted octanol–water partition coefficient (Wildman–Crippen LogP) is 21.3. The van der Waals surface area contributed by atoms with E-state index >= 15 is 0 Å². The van der Waals surface area contributed by atoms with Gasteiger partial charge in [-0.15, -0.1) is 0 Å². The summed E-state index contributed by atoms with van der Waals surface area (Å²) in [6, 6.07) is -0.538. The van der Waals surface area contributed by atoms with Crippen LogP contribution in [0.4, 0.5) is 0 Å². The van der Waals surface area contributed by atoms with Crippen LogP contribution in [0.25, 0.3) is 0 Å². The first-order valence-electron chi connectivity index (χ1n) is 33.4. The SMILES string of the molecule is CCCCCC/C=C\C/C=C\CCCCCCCC(=O)OCCCCCCCCCCC/C=C\C/C=C\CCCCCCCCCCCCCCCCCCCC(=O)NC(CO)C(O)CCCCCCCCCCC. The van der Waals surface area contributed by atoms with E-state index in [1.807, 2.05) is 0 Å². The molecule has 6 heteroatoms. The van der Waals surface area contributed by atoms with E-state index in [1.54, 1.807) is 0 Å². The third-order valence-electron chi connectivity index (χ3n) is 15.4. The lowest BCUT2D eigenvalue weighted by molar-refractivity contribution is -0.143. The van der Waals surface area contributed by atoms with Crippen LogP contribution < -0.4 is 5.32 Å². The molecule has 0 aromatic heterocycles. The average Bonchev–Trinajstić information content (AvgIpc) is 3.41. The Labute approximate surface area is 467 Å². The molecule has 0 radical (unpaired) electrons. The summed E-state index contributed by atoms with van der Waals surface area (Å²) in [5.74, 6) is -0.0344. The van der Waals surface area contributed by atoms with Crippen molar-refractivity contribution >= 4 is 11.9 Å². The Morgan fingerprint density at radius 3 is 1.03 bits per heavy atom. The Hall–Kier alpha value is -2.18. The predicted molar refractivity (Wildman–Crippen MR) is 329 cm³/mol. The van der Waals surface area contributed by atoms with Crippen molar-refractivity contribution in [2.75, 3.05) is 13.2 Å². The monoisotopic (exact) mass is 1050 g/mol. The lowest BCUT2D eigenvalue weighted by Crippen LogP contribution is -2.45. The first-order valence-corrected chi connectivity index (χ1v) is 33.4. The molecule has 0 aliphatic heterocycles. The molecule has 2 unspecified atom stereocenters. The second-order valence-corrected chi connectivity index (χ2v) is 22.8. The summed E-state index contributed by atoms with van der Waals surface area (Å²) < 4.78 is 5.48. The second-order valence-electron chi connectivity index (χ2n) is 22.8. The number of aliphatic hydroxyl groups excluding tert-OH is 2. The summed E-state index contributed by atoms with van der Waals surface area (Å²) in [6.07, 6.45) is 83.1. The number of hydrogen-bond acceptors (Lipinski definition) is 5. The number of esters is 1. The van der Waals surface area contributed by atoms with E-state index < -0.39 is 12.1 Å². The van der Waals surface area contributed by atoms with E-state index in [0.29, 0.717) is 25.9 Å². The van der Waals surface area contributed by atoms with Crippen molar-refractivity contribution in [3.8, 4) is 0 Å². The molecule has 0 aliphatic carbocycles. The maximum absolute atomic E-state index is 12.4. The molecule has 0 saturated carbocycles. The molecule has 0 rings (SSSR count). The summed E-state index contributed by atoms with van der Waals surface area (Å²) in [5, 5.41) is 23.1. The molecule has 0 heterocycles. The highest BCUT2D eigenvalue weighted by Gasteiger charge is 2.20.